The van der Waals surface area contributed by atoms with Gasteiger partial charge in [0, 0.05) is 50.3 Å². The summed E-state index contributed by atoms with van der Waals surface area (Å²) >= 11 is 6.18. The first-order valence-electron chi connectivity index (χ1n) is 10.2. The van der Waals surface area contributed by atoms with Gasteiger partial charge >= 0.3 is 0 Å². The van der Waals surface area contributed by atoms with Crippen LogP contribution in [0, 0.1) is 6.92 Å². The Morgan fingerprint density at radius 1 is 1.17 bits per heavy atom. The van der Waals surface area contributed by atoms with Gasteiger partial charge in [-0.25, -0.2) is 18.4 Å². The molecule has 0 atom stereocenters. The number of rotatable bonds is 8. The number of benzene rings is 1. The van der Waals surface area contributed by atoms with Crippen LogP contribution in [0.5, 0.6) is 0 Å². The lowest BCUT2D eigenvalue weighted by molar-refractivity contribution is 0.180. The molecule has 1 aromatic carbocycles. The molecule has 0 amide bonds. The standard InChI is InChI=1S/C21H29ClN4O3S/c1-4-12-30(27,28)26-10-8-25(9-11-26)21-19(14-17-6-5-7-18(22)13-17)20(15-29-3)23-16(2)24-21/h5-7,13H,4,8-12,14-15H2,1-3H3. The second kappa shape index (κ2) is 10.0. The predicted octanol–water partition coefficient (Wildman–Crippen LogP) is 3.04. The summed E-state index contributed by atoms with van der Waals surface area (Å²) in [5, 5.41) is 0.685. The van der Waals surface area contributed by atoms with Gasteiger partial charge in [-0.3, -0.25) is 0 Å². The van der Waals surface area contributed by atoms with Crippen molar-refractivity contribution in [3.63, 3.8) is 0 Å². The molecule has 30 heavy (non-hydrogen) atoms. The summed E-state index contributed by atoms with van der Waals surface area (Å²) in [5.74, 6) is 1.72. The van der Waals surface area contributed by atoms with Gasteiger partial charge in [0.15, 0.2) is 0 Å². The number of methoxy groups -OCH3 is 1. The lowest BCUT2D eigenvalue weighted by atomic mass is 10.0. The summed E-state index contributed by atoms with van der Waals surface area (Å²) in [6.07, 6.45) is 1.25. The molecule has 1 saturated heterocycles. The SMILES string of the molecule is CCCS(=O)(=O)N1CCN(c2nc(C)nc(COC)c2Cc2cccc(Cl)c2)CC1. The van der Waals surface area contributed by atoms with E-state index in [0.29, 0.717) is 56.5 Å². The van der Waals surface area contributed by atoms with Gasteiger partial charge in [-0.15, -0.1) is 0 Å². The maximum Gasteiger partial charge on any atom is 0.214 e. The topological polar surface area (TPSA) is 75.6 Å². The molecule has 0 radical (unpaired) electrons. The number of nitrogens with zero attached hydrogens (tertiary/aromatic N) is 4. The maximum absolute atomic E-state index is 12.4. The molecule has 0 aliphatic carbocycles. The zero-order valence-corrected chi connectivity index (χ0v) is 19.3. The van der Waals surface area contributed by atoms with Crippen LogP contribution in [0.1, 0.15) is 36.0 Å². The zero-order chi connectivity index (χ0) is 21.7. The highest BCUT2D eigenvalue weighted by Gasteiger charge is 2.28. The van der Waals surface area contributed by atoms with E-state index in [9.17, 15) is 8.42 Å². The number of ether oxygens (including phenoxy) is 1. The summed E-state index contributed by atoms with van der Waals surface area (Å²) < 4.78 is 31.8. The number of aryl methyl sites for hydroxylation is 1. The van der Waals surface area contributed by atoms with Crippen molar-refractivity contribution < 1.29 is 13.2 Å². The van der Waals surface area contributed by atoms with Crippen molar-refractivity contribution in [3.8, 4) is 0 Å². The summed E-state index contributed by atoms with van der Waals surface area (Å²) in [6.45, 7) is 6.24. The molecule has 3 rings (SSSR count). The van der Waals surface area contributed by atoms with Crippen molar-refractivity contribution in [1.29, 1.82) is 0 Å². The molecular formula is C21H29ClN4O3S. The van der Waals surface area contributed by atoms with Crippen molar-refractivity contribution >= 4 is 27.4 Å². The Bertz CT molecular complexity index is 976. The van der Waals surface area contributed by atoms with E-state index >= 15 is 0 Å². The van der Waals surface area contributed by atoms with E-state index in [1.54, 1.807) is 11.4 Å². The molecule has 7 nitrogen and oxygen atoms in total. The van der Waals surface area contributed by atoms with Crippen molar-refractivity contribution in [1.82, 2.24) is 14.3 Å². The number of piperazine rings is 1. The third kappa shape index (κ3) is 5.49. The van der Waals surface area contributed by atoms with Crippen LogP contribution in [-0.2, 0) is 27.8 Å². The smallest absolute Gasteiger partial charge is 0.214 e. The Balaban J connectivity index is 1.90. The lowest BCUT2D eigenvalue weighted by Crippen LogP contribution is -2.49. The molecule has 2 heterocycles. The van der Waals surface area contributed by atoms with Gasteiger partial charge in [-0.1, -0.05) is 30.7 Å². The molecule has 1 aliphatic heterocycles. The van der Waals surface area contributed by atoms with Crippen molar-refractivity contribution in [2.24, 2.45) is 0 Å². The molecule has 0 spiro atoms. The van der Waals surface area contributed by atoms with Gasteiger partial charge in [-0.2, -0.15) is 4.31 Å². The third-order valence-electron chi connectivity index (χ3n) is 5.13. The van der Waals surface area contributed by atoms with Crippen LogP contribution in [0.15, 0.2) is 24.3 Å². The number of hydrogen-bond acceptors (Lipinski definition) is 6. The largest absolute Gasteiger partial charge is 0.378 e. The van der Waals surface area contributed by atoms with Gasteiger partial charge in [-0.05, 0) is 31.0 Å². The second-order valence-electron chi connectivity index (χ2n) is 7.46. The fourth-order valence-electron chi connectivity index (χ4n) is 3.75. The van der Waals surface area contributed by atoms with E-state index in [0.717, 1.165) is 22.6 Å². The number of anilines is 1. The lowest BCUT2D eigenvalue weighted by Gasteiger charge is -2.36. The Labute approximate surface area is 184 Å². The Hall–Kier alpha value is -1.74. The number of halogens is 1. The van der Waals surface area contributed by atoms with E-state index in [-0.39, 0.29) is 5.75 Å². The van der Waals surface area contributed by atoms with E-state index in [4.69, 9.17) is 21.3 Å². The normalized spacial score (nSPS) is 15.5. The first-order valence-corrected chi connectivity index (χ1v) is 12.1. The van der Waals surface area contributed by atoms with Crippen LogP contribution in [0.25, 0.3) is 0 Å². The number of aromatic nitrogens is 2. The van der Waals surface area contributed by atoms with E-state index in [2.05, 4.69) is 9.88 Å². The minimum Gasteiger partial charge on any atom is -0.378 e. The Morgan fingerprint density at radius 2 is 1.90 bits per heavy atom. The number of sulfonamides is 1. The van der Waals surface area contributed by atoms with E-state index in [1.165, 1.54) is 0 Å². The van der Waals surface area contributed by atoms with Gasteiger partial charge in [0.2, 0.25) is 10.0 Å². The van der Waals surface area contributed by atoms with Crippen LogP contribution in [0.4, 0.5) is 5.82 Å². The molecule has 1 aliphatic rings. The highest BCUT2D eigenvalue weighted by molar-refractivity contribution is 7.89. The van der Waals surface area contributed by atoms with E-state index < -0.39 is 10.0 Å². The van der Waals surface area contributed by atoms with Gasteiger partial charge in [0.1, 0.15) is 11.6 Å². The van der Waals surface area contributed by atoms with Gasteiger partial charge in [0.05, 0.1) is 18.1 Å². The highest BCUT2D eigenvalue weighted by atomic mass is 35.5. The van der Waals surface area contributed by atoms with Crippen LogP contribution < -0.4 is 4.90 Å². The molecular weight excluding hydrogens is 424 g/mol. The fourth-order valence-corrected chi connectivity index (χ4v) is 5.46. The Morgan fingerprint density at radius 3 is 2.53 bits per heavy atom. The predicted molar refractivity (Wildman–Crippen MR) is 120 cm³/mol. The summed E-state index contributed by atoms with van der Waals surface area (Å²) in [7, 11) is -1.54. The molecule has 1 aromatic heterocycles. The third-order valence-corrected chi connectivity index (χ3v) is 7.44. The Kier molecular flexibility index (Phi) is 7.68. The first-order chi connectivity index (χ1) is 14.3. The number of hydrogen-bond donors (Lipinski definition) is 0. The van der Waals surface area contributed by atoms with Crippen molar-refractivity contribution in [3.05, 3.63) is 51.9 Å². The quantitative estimate of drug-likeness (QED) is 0.612. The van der Waals surface area contributed by atoms with Crippen LogP contribution in [0.2, 0.25) is 5.02 Å². The minimum atomic E-state index is -3.19. The summed E-state index contributed by atoms with van der Waals surface area (Å²) in [4.78, 5) is 11.5. The van der Waals surface area contributed by atoms with Gasteiger partial charge in [0.25, 0.3) is 0 Å². The molecule has 2 aromatic rings. The molecule has 1 fully saturated rings. The zero-order valence-electron chi connectivity index (χ0n) is 17.8. The van der Waals surface area contributed by atoms with Crippen LogP contribution in [0.3, 0.4) is 0 Å². The average Bonchev–Trinajstić information content (AvgIpc) is 2.70. The van der Waals surface area contributed by atoms with Gasteiger partial charge < -0.3 is 9.64 Å². The first kappa shape index (κ1) is 22.9. The van der Waals surface area contributed by atoms with E-state index in [1.807, 2.05) is 38.1 Å². The average molecular weight is 453 g/mol. The van der Waals surface area contributed by atoms with Crippen molar-refractivity contribution in [2.75, 3.05) is 43.9 Å². The maximum atomic E-state index is 12.4. The second-order valence-corrected chi connectivity index (χ2v) is 9.99. The fraction of sp³-hybridized carbons (Fsp3) is 0.524. The summed E-state index contributed by atoms with van der Waals surface area (Å²) in [5.41, 5.74) is 2.91. The molecule has 0 unspecified atom stereocenters. The molecule has 0 saturated carbocycles. The molecule has 0 bridgehead atoms. The molecule has 164 valence electrons. The highest BCUT2D eigenvalue weighted by Crippen LogP contribution is 2.27. The van der Waals surface area contributed by atoms with Crippen molar-refractivity contribution in [2.45, 2.75) is 33.3 Å². The van der Waals surface area contributed by atoms with Crippen LogP contribution >= 0.6 is 11.6 Å². The minimum absolute atomic E-state index is 0.192. The summed E-state index contributed by atoms with van der Waals surface area (Å²) in [6, 6.07) is 7.75. The monoisotopic (exact) mass is 452 g/mol. The molecule has 0 N–H and O–H groups in total. The van der Waals surface area contributed by atoms with Crippen LogP contribution in [-0.4, -0.2) is 61.7 Å². The molecule has 9 heteroatoms.